The maximum atomic E-state index is 12.1. The van der Waals surface area contributed by atoms with Crippen LogP contribution in [0.1, 0.15) is 49.7 Å². The van der Waals surface area contributed by atoms with E-state index in [-0.39, 0.29) is 18.4 Å². The van der Waals surface area contributed by atoms with E-state index in [1.54, 1.807) is 6.07 Å². The molecule has 26 heavy (non-hydrogen) atoms. The molecule has 2 aliphatic heterocycles. The standard InChI is InChI=1S/C21H29NO4/c23-10-2-7-21(25)17-11-15-5-6-16(24)19-18(15)20(21,13-26-19)8-9-22(17)12-14-3-1-4-14/h5-6,14,17,23-25H,1-4,7-13H2/t17-,20-,21-/m1/s1. The van der Waals surface area contributed by atoms with E-state index in [2.05, 4.69) is 4.90 Å². The highest BCUT2D eigenvalue weighted by molar-refractivity contribution is 5.60. The highest BCUT2D eigenvalue weighted by Crippen LogP contribution is 2.60. The number of rotatable bonds is 5. The Morgan fingerprint density at radius 2 is 2.12 bits per heavy atom. The minimum absolute atomic E-state index is 0.0648. The smallest absolute Gasteiger partial charge is 0.165 e. The predicted octanol–water partition coefficient (Wildman–Crippen LogP) is 1.96. The van der Waals surface area contributed by atoms with Crippen LogP contribution in [0.2, 0.25) is 0 Å². The van der Waals surface area contributed by atoms with Crippen molar-refractivity contribution in [1.29, 1.82) is 0 Å². The van der Waals surface area contributed by atoms with Crippen LogP contribution in [0.5, 0.6) is 11.5 Å². The molecule has 2 fully saturated rings. The van der Waals surface area contributed by atoms with Gasteiger partial charge in [0.15, 0.2) is 11.5 Å². The number of benzene rings is 1. The van der Waals surface area contributed by atoms with Crippen molar-refractivity contribution < 1.29 is 20.1 Å². The van der Waals surface area contributed by atoms with Crippen LogP contribution in [0, 0.1) is 5.92 Å². The minimum atomic E-state index is -0.913. The highest BCUT2D eigenvalue weighted by atomic mass is 16.5. The van der Waals surface area contributed by atoms with Gasteiger partial charge < -0.3 is 20.1 Å². The van der Waals surface area contributed by atoms with Crippen LogP contribution in [0.3, 0.4) is 0 Å². The van der Waals surface area contributed by atoms with Crippen molar-refractivity contribution in [3.8, 4) is 11.5 Å². The number of hydrogen-bond acceptors (Lipinski definition) is 5. The third kappa shape index (κ3) is 2.08. The third-order valence-corrected chi connectivity index (χ3v) is 7.66. The van der Waals surface area contributed by atoms with Gasteiger partial charge in [-0.1, -0.05) is 12.5 Å². The van der Waals surface area contributed by atoms with Gasteiger partial charge in [-0.3, -0.25) is 4.90 Å². The summed E-state index contributed by atoms with van der Waals surface area (Å²) >= 11 is 0. The normalized spacial score (nSPS) is 35.7. The van der Waals surface area contributed by atoms with Crippen molar-refractivity contribution in [3.63, 3.8) is 0 Å². The van der Waals surface area contributed by atoms with E-state index in [9.17, 15) is 15.3 Å². The van der Waals surface area contributed by atoms with Gasteiger partial charge in [-0.05, 0) is 62.6 Å². The maximum Gasteiger partial charge on any atom is 0.165 e. The average molecular weight is 359 g/mol. The van der Waals surface area contributed by atoms with Crippen LogP contribution >= 0.6 is 0 Å². The summed E-state index contributed by atoms with van der Waals surface area (Å²) in [5, 5.41) is 31.8. The second kappa shape index (κ2) is 5.85. The highest BCUT2D eigenvalue weighted by Gasteiger charge is 2.66. The van der Waals surface area contributed by atoms with Gasteiger partial charge in [0.25, 0.3) is 0 Å². The second-order valence-electron chi connectivity index (χ2n) is 8.83. The second-order valence-corrected chi connectivity index (χ2v) is 8.83. The molecule has 3 atom stereocenters. The summed E-state index contributed by atoms with van der Waals surface area (Å²) in [6, 6.07) is 3.82. The fraction of sp³-hybridized carbons (Fsp3) is 0.714. The number of hydrogen-bond donors (Lipinski definition) is 3. The van der Waals surface area contributed by atoms with Crippen LogP contribution in [-0.4, -0.2) is 58.2 Å². The maximum absolute atomic E-state index is 12.1. The van der Waals surface area contributed by atoms with Crippen LogP contribution in [0.15, 0.2) is 12.1 Å². The lowest BCUT2D eigenvalue weighted by Gasteiger charge is -2.60. The van der Waals surface area contributed by atoms with E-state index in [0.717, 1.165) is 37.4 Å². The summed E-state index contributed by atoms with van der Waals surface area (Å²) in [5.74, 6) is 1.53. The monoisotopic (exact) mass is 359 g/mol. The van der Waals surface area contributed by atoms with Crippen molar-refractivity contribution in [1.82, 2.24) is 4.90 Å². The first kappa shape index (κ1) is 16.8. The fourth-order valence-electron chi connectivity index (χ4n) is 6.07. The van der Waals surface area contributed by atoms with Crippen molar-refractivity contribution in [2.24, 2.45) is 5.92 Å². The Balaban J connectivity index is 1.59. The lowest BCUT2D eigenvalue weighted by Crippen LogP contribution is -2.72. The van der Waals surface area contributed by atoms with Gasteiger partial charge in [-0.25, -0.2) is 0 Å². The Hall–Kier alpha value is -1.30. The Morgan fingerprint density at radius 3 is 2.85 bits per heavy atom. The molecule has 5 nitrogen and oxygen atoms in total. The number of piperidine rings is 1. The number of fused-ring (bicyclic) bond motifs is 1. The molecule has 142 valence electrons. The molecule has 1 aromatic rings. The van der Waals surface area contributed by atoms with E-state index in [1.807, 2.05) is 6.07 Å². The summed E-state index contributed by atoms with van der Waals surface area (Å²) in [7, 11) is 0. The number of phenols is 1. The molecule has 4 aliphatic rings. The van der Waals surface area contributed by atoms with E-state index in [1.165, 1.54) is 24.8 Å². The van der Waals surface area contributed by atoms with E-state index < -0.39 is 11.0 Å². The van der Waals surface area contributed by atoms with Gasteiger partial charge in [0, 0.05) is 24.8 Å². The lowest BCUT2D eigenvalue weighted by molar-refractivity contribution is -0.158. The Morgan fingerprint density at radius 1 is 1.27 bits per heavy atom. The van der Waals surface area contributed by atoms with Crippen LogP contribution in [-0.2, 0) is 11.8 Å². The molecule has 1 saturated carbocycles. The molecule has 0 radical (unpaired) electrons. The van der Waals surface area contributed by atoms with Gasteiger partial charge in [-0.15, -0.1) is 0 Å². The minimum Gasteiger partial charge on any atom is -0.504 e. The molecule has 0 amide bonds. The quantitative estimate of drug-likeness (QED) is 0.749. The van der Waals surface area contributed by atoms with Crippen LogP contribution in [0.4, 0.5) is 0 Å². The molecule has 2 heterocycles. The molecule has 2 bridgehead atoms. The van der Waals surface area contributed by atoms with Crippen molar-refractivity contribution >= 4 is 0 Å². The molecule has 1 spiro atoms. The number of nitrogens with zero attached hydrogens (tertiary/aromatic N) is 1. The Labute approximate surface area is 154 Å². The molecule has 1 aromatic carbocycles. The summed E-state index contributed by atoms with van der Waals surface area (Å²) < 4.78 is 5.96. The molecule has 2 aliphatic carbocycles. The SMILES string of the molecule is OCCC[C@@]1(O)[C@H]2Cc3ccc(O)c4c3[C@@]1(CCN2CC1CCC1)CO4. The zero-order valence-electron chi connectivity index (χ0n) is 15.3. The molecular formula is C21H29NO4. The predicted molar refractivity (Wildman–Crippen MR) is 97.6 cm³/mol. The zero-order valence-corrected chi connectivity index (χ0v) is 15.3. The number of aromatic hydroxyl groups is 1. The number of aliphatic hydroxyl groups is 2. The molecule has 0 aromatic heterocycles. The van der Waals surface area contributed by atoms with Crippen LogP contribution < -0.4 is 4.74 Å². The van der Waals surface area contributed by atoms with E-state index in [0.29, 0.717) is 25.2 Å². The molecule has 0 unspecified atom stereocenters. The summed E-state index contributed by atoms with van der Waals surface area (Å²) in [5.41, 5.74) is 0.888. The number of ether oxygens (including phenoxy) is 1. The number of likely N-dealkylation sites (tertiary alicyclic amines) is 1. The van der Waals surface area contributed by atoms with E-state index in [4.69, 9.17) is 4.74 Å². The van der Waals surface area contributed by atoms with Crippen molar-refractivity contribution in [2.45, 2.75) is 62.0 Å². The summed E-state index contributed by atoms with van der Waals surface area (Å²) in [6.45, 7) is 2.57. The van der Waals surface area contributed by atoms with Gasteiger partial charge in [0.2, 0.25) is 0 Å². The van der Waals surface area contributed by atoms with Crippen LogP contribution in [0.25, 0.3) is 0 Å². The Bertz CT molecular complexity index is 718. The average Bonchev–Trinajstić information content (AvgIpc) is 2.98. The first-order chi connectivity index (χ1) is 12.6. The molecule has 5 heteroatoms. The molecule has 5 rings (SSSR count). The largest absolute Gasteiger partial charge is 0.504 e. The molecular weight excluding hydrogens is 330 g/mol. The number of aliphatic hydroxyl groups excluding tert-OH is 1. The zero-order chi connectivity index (χ0) is 17.9. The fourth-order valence-corrected chi connectivity index (χ4v) is 6.07. The first-order valence-electron chi connectivity index (χ1n) is 10.1. The topological polar surface area (TPSA) is 73.2 Å². The lowest BCUT2D eigenvalue weighted by atomic mass is 9.54. The molecule has 1 saturated heterocycles. The van der Waals surface area contributed by atoms with Crippen molar-refractivity contribution in [3.05, 3.63) is 23.3 Å². The first-order valence-corrected chi connectivity index (χ1v) is 10.1. The van der Waals surface area contributed by atoms with Gasteiger partial charge in [-0.2, -0.15) is 0 Å². The van der Waals surface area contributed by atoms with Crippen molar-refractivity contribution in [2.75, 3.05) is 26.3 Å². The van der Waals surface area contributed by atoms with E-state index >= 15 is 0 Å². The van der Waals surface area contributed by atoms with Gasteiger partial charge >= 0.3 is 0 Å². The number of phenolic OH excluding ortho intramolecular Hbond substituents is 1. The van der Waals surface area contributed by atoms with Gasteiger partial charge in [0.1, 0.15) is 6.61 Å². The summed E-state index contributed by atoms with van der Waals surface area (Å²) in [4.78, 5) is 2.51. The molecule has 3 N–H and O–H groups in total. The van der Waals surface area contributed by atoms with Gasteiger partial charge in [0.05, 0.1) is 11.0 Å². The summed E-state index contributed by atoms with van der Waals surface area (Å²) in [6.07, 6.45) is 6.76. The third-order valence-electron chi connectivity index (χ3n) is 7.66. The Kier molecular flexibility index (Phi) is 3.79.